The first-order chi connectivity index (χ1) is 9.55. The number of anilines is 2. The average molecular weight is 315 g/mol. The molecule has 0 saturated carbocycles. The quantitative estimate of drug-likeness (QED) is 0.594. The van der Waals surface area contributed by atoms with E-state index in [0.717, 1.165) is 0 Å². The molecule has 0 aliphatic carbocycles. The van der Waals surface area contributed by atoms with Crippen molar-refractivity contribution in [1.29, 1.82) is 0 Å². The van der Waals surface area contributed by atoms with Crippen molar-refractivity contribution in [1.82, 2.24) is 4.72 Å². The van der Waals surface area contributed by atoms with Gasteiger partial charge in [0.05, 0.1) is 22.4 Å². The van der Waals surface area contributed by atoms with Crippen LogP contribution in [0.5, 0.6) is 0 Å². The van der Waals surface area contributed by atoms with Gasteiger partial charge in [0.25, 0.3) is 0 Å². The van der Waals surface area contributed by atoms with Crippen molar-refractivity contribution < 1.29 is 13.5 Å². The van der Waals surface area contributed by atoms with E-state index in [1.807, 2.05) is 20.8 Å². The number of nitrogens with one attached hydrogen (secondary N) is 2. The molecule has 0 aromatic heterocycles. The molecule has 1 aromatic rings. The zero-order chi connectivity index (χ0) is 16.3. The fourth-order valence-corrected chi connectivity index (χ4v) is 2.74. The van der Waals surface area contributed by atoms with Crippen LogP contribution in [-0.4, -0.2) is 33.2 Å². The predicted molar refractivity (Wildman–Crippen MR) is 85.7 cm³/mol. The molecule has 0 amide bonds. The molecule has 1 atom stereocenters. The Balaban J connectivity index is 2.82. The van der Waals surface area contributed by atoms with Gasteiger partial charge in [0.2, 0.25) is 10.0 Å². The number of aliphatic hydroxyl groups excluding tert-OH is 1. The molecule has 21 heavy (non-hydrogen) atoms. The minimum absolute atomic E-state index is 0.0178. The molecule has 0 radical (unpaired) electrons. The van der Waals surface area contributed by atoms with Gasteiger partial charge >= 0.3 is 0 Å². The fourth-order valence-electron chi connectivity index (χ4n) is 1.98. The van der Waals surface area contributed by atoms with E-state index in [0.29, 0.717) is 24.3 Å². The molecule has 120 valence electrons. The van der Waals surface area contributed by atoms with Gasteiger partial charge in [-0.1, -0.05) is 20.8 Å². The summed E-state index contributed by atoms with van der Waals surface area (Å²) in [5, 5.41) is 13.0. The Morgan fingerprint density at radius 1 is 1.33 bits per heavy atom. The third-order valence-electron chi connectivity index (χ3n) is 2.98. The largest absolute Gasteiger partial charge is 0.397 e. The number of sulfonamides is 1. The van der Waals surface area contributed by atoms with Crippen LogP contribution in [0.1, 0.15) is 27.2 Å². The molecule has 5 N–H and O–H groups in total. The third-order valence-corrected chi connectivity index (χ3v) is 4.39. The summed E-state index contributed by atoms with van der Waals surface area (Å²) in [6, 6.07) is 4.44. The Bertz CT molecular complexity index is 580. The number of nitrogen functional groups attached to an aromatic ring is 1. The maximum Gasteiger partial charge on any atom is 0.240 e. The van der Waals surface area contributed by atoms with Gasteiger partial charge in [-0.2, -0.15) is 0 Å². The normalized spacial score (nSPS) is 14.0. The van der Waals surface area contributed by atoms with Gasteiger partial charge in [-0.3, -0.25) is 0 Å². The lowest BCUT2D eigenvalue weighted by Crippen LogP contribution is -2.25. The highest BCUT2D eigenvalue weighted by Crippen LogP contribution is 2.24. The zero-order valence-corrected chi connectivity index (χ0v) is 13.8. The van der Waals surface area contributed by atoms with Crippen molar-refractivity contribution >= 4 is 21.4 Å². The minimum atomic E-state index is -3.51. The molecule has 7 heteroatoms. The Morgan fingerprint density at radius 3 is 2.48 bits per heavy atom. The van der Waals surface area contributed by atoms with Gasteiger partial charge in [-0.15, -0.1) is 0 Å². The summed E-state index contributed by atoms with van der Waals surface area (Å²) in [6.07, 6.45) is 0.1000. The van der Waals surface area contributed by atoms with Crippen LogP contribution in [0.4, 0.5) is 11.4 Å². The summed E-state index contributed by atoms with van der Waals surface area (Å²) in [4.78, 5) is 0.131. The van der Waals surface area contributed by atoms with Gasteiger partial charge in [0, 0.05) is 6.54 Å². The summed E-state index contributed by atoms with van der Waals surface area (Å²) in [6.45, 7) is 6.45. The number of hydrogen-bond acceptors (Lipinski definition) is 5. The van der Waals surface area contributed by atoms with E-state index < -0.39 is 16.1 Å². The summed E-state index contributed by atoms with van der Waals surface area (Å²) in [5.74, 6) is 0. The van der Waals surface area contributed by atoms with Crippen LogP contribution in [0.2, 0.25) is 0 Å². The predicted octanol–water partition coefficient (Wildman–Crippen LogP) is 1.39. The van der Waals surface area contributed by atoms with Crippen molar-refractivity contribution in [2.75, 3.05) is 24.6 Å². The van der Waals surface area contributed by atoms with Crippen molar-refractivity contribution in [2.45, 2.75) is 38.2 Å². The Kier molecular flexibility index (Phi) is 5.61. The van der Waals surface area contributed by atoms with Crippen LogP contribution < -0.4 is 15.8 Å². The van der Waals surface area contributed by atoms with Gasteiger partial charge in [0.1, 0.15) is 0 Å². The smallest absolute Gasteiger partial charge is 0.240 e. The first-order valence-corrected chi connectivity index (χ1v) is 8.28. The van der Waals surface area contributed by atoms with Crippen molar-refractivity contribution in [3.63, 3.8) is 0 Å². The standard InChI is InChI=1S/C14H25N3O3S/c1-14(2,3)8-10(18)9-17-13-7-11(5-6-12(13)15)21(19,20)16-4/h5-7,10,16-18H,8-9,15H2,1-4H3. The highest BCUT2D eigenvalue weighted by Gasteiger charge is 2.17. The van der Waals surface area contributed by atoms with Crippen LogP contribution >= 0.6 is 0 Å². The fraction of sp³-hybridized carbons (Fsp3) is 0.571. The monoisotopic (exact) mass is 315 g/mol. The molecular weight excluding hydrogens is 290 g/mol. The van der Waals surface area contributed by atoms with Gasteiger partial charge in [0.15, 0.2) is 0 Å². The summed E-state index contributed by atoms with van der Waals surface area (Å²) >= 11 is 0. The first kappa shape index (κ1) is 17.7. The van der Waals surface area contributed by atoms with E-state index in [1.165, 1.54) is 25.2 Å². The second kappa shape index (κ2) is 6.64. The second-order valence-electron chi connectivity index (χ2n) is 6.26. The van der Waals surface area contributed by atoms with Crippen LogP contribution in [0, 0.1) is 5.41 Å². The molecule has 0 aliphatic heterocycles. The van der Waals surface area contributed by atoms with Crippen LogP contribution in [0.15, 0.2) is 23.1 Å². The summed E-state index contributed by atoms with van der Waals surface area (Å²) in [7, 11) is -2.16. The number of nitrogens with two attached hydrogens (primary N) is 1. The van der Waals surface area contributed by atoms with Crippen molar-refractivity contribution in [3.05, 3.63) is 18.2 Å². The summed E-state index contributed by atoms with van der Waals surface area (Å²) in [5.41, 5.74) is 6.78. The van der Waals surface area contributed by atoms with E-state index in [2.05, 4.69) is 10.0 Å². The molecule has 0 heterocycles. The van der Waals surface area contributed by atoms with Crippen LogP contribution in [0.25, 0.3) is 0 Å². The topological polar surface area (TPSA) is 104 Å². The Labute approximate surface area is 126 Å². The molecular formula is C14H25N3O3S. The third kappa shape index (κ3) is 5.53. The van der Waals surface area contributed by atoms with E-state index in [4.69, 9.17) is 5.73 Å². The van der Waals surface area contributed by atoms with Crippen molar-refractivity contribution in [2.24, 2.45) is 5.41 Å². The van der Waals surface area contributed by atoms with E-state index >= 15 is 0 Å². The highest BCUT2D eigenvalue weighted by molar-refractivity contribution is 7.89. The first-order valence-electron chi connectivity index (χ1n) is 6.80. The van der Waals surface area contributed by atoms with Crippen LogP contribution in [-0.2, 0) is 10.0 Å². The number of hydrogen-bond donors (Lipinski definition) is 4. The van der Waals surface area contributed by atoms with Gasteiger partial charge < -0.3 is 16.2 Å². The van der Waals surface area contributed by atoms with Crippen molar-refractivity contribution in [3.8, 4) is 0 Å². The van der Waals surface area contributed by atoms with Crippen LogP contribution in [0.3, 0.4) is 0 Å². The molecule has 0 spiro atoms. The number of aliphatic hydroxyl groups is 1. The lowest BCUT2D eigenvalue weighted by Gasteiger charge is -2.23. The Morgan fingerprint density at radius 2 is 1.95 bits per heavy atom. The molecule has 1 rings (SSSR count). The molecule has 1 unspecified atom stereocenters. The second-order valence-corrected chi connectivity index (χ2v) is 8.14. The molecule has 0 bridgehead atoms. The number of rotatable bonds is 6. The SMILES string of the molecule is CNS(=O)(=O)c1ccc(N)c(NCC(O)CC(C)(C)C)c1. The maximum atomic E-state index is 11.8. The number of benzene rings is 1. The minimum Gasteiger partial charge on any atom is -0.397 e. The molecule has 0 saturated heterocycles. The molecule has 1 aromatic carbocycles. The lowest BCUT2D eigenvalue weighted by molar-refractivity contribution is 0.132. The van der Waals surface area contributed by atoms with Gasteiger partial charge in [-0.05, 0) is 37.1 Å². The van der Waals surface area contributed by atoms with E-state index in [1.54, 1.807) is 0 Å². The molecule has 6 nitrogen and oxygen atoms in total. The molecule has 0 fully saturated rings. The zero-order valence-electron chi connectivity index (χ0n) is 13.0. The van der Waals surface area contributed by atoms with E-state index in [9.17, 15) is 13.5 Å². The summed E-state index contributed by atoms with van der Waals surface area (Å²) < 4.78 is 25.8. The molecule has 0 aliphatic rings. The van der Waals surface area contributed by atoms with Gasteiger partial charge in [-0.25, -0.2) is 13.1 Å². The maximum absolute atomic E-state index is 11.8. The van der Waals surface area contributed by atoms with E-state index in [-0.39, 0.29) is 10.3 Å². The highest BCUT2D eigenvalue weighted by atomic mass is 32.2. The lowest BCUT2D eigenvalue weighted by atomic mass is 9.89. The average Bonchev–Trinajstić information content (AvgIpc) is 2.35. The Hall–Kier alpha value is -1.31.